The Morgan fingerprint density at radius 1 is 1.52 bits per heavy atom. The summed E-state index contributed by atoms with van der Waals surface area (Å²) in [6.45, 7) is 2.00. The summed E-state index contributed by atoms with van der Waals surface area (Å²) in [4.78, 5) is 0. The summed E-state index contributed by atoms with van der Waals surface area (Å²) in [6, 6.07) is 4.60. The normalized spacial score (nSPS) is 12.7. The summed E-state index contributed by atoms with van der Waals surface area (Å²) >= 11 is 9.62. The Hall–Kier alpha value is -0.950. The second-order valence-corrected chi connectivity index (χ2v) is 5.92. The van der Waals surface area contributed by atoms with E-state index >= 15 is 0 Å². The summed E-state index contributed by atoms with van der Waals surface area (Å²) in [6.07, 6.45) is 1.28. The monoisotopic (exact) mass is 374 g/mol. The number of hydrazine groups is 1. The van der Waals surface area contributed by atoms with E-state index < -0.39 is 0 Å². The van der Waals surface area contributed by atoms with Crippen molar-refractivity contribution in [1.82, 2.24) is 15.2 Å². The molecular weight excluding hydrogens is 359 g/mol. The highest BCUT2D eigenvalue weighted by Crippen LogP contribution is 2.30. The third kappa shape index (κ3) is 3.29. The molecule has 1 aromatic heterocycles. The zero-order valence-electron chi connectivity index (χ0n) is 11.8. The smallest absolute Gasteiger partial charge is 0.137 e. The van der Waals surface area contributed by atoms with Crippen LogP contribution in [0, 0.1) is 5.82 Å². The highest BCUT2D eigenvalue weighted by Gasteiger charge is 2.21. The maximum Gasteiger partial charge on any atom is 0.137 e. The number of hydrogen-bond acceptors (Lipinski definition) is 3. The largest absolute Gasteiger partial charge is 0.271 e. The molecule has 1 aromatic carbocycles. The predicted molar refractivity (Wildman–Crippen MR) is 85.5 cm³/mol. The predicted octanol–water partition coefficient (Wildman–Crippen LogP) is 3.28. The summed E-state index contributed by atoms with van der Waals surface area (Å²) in [5.74, 6) is 5.32. The SMILES string of the molecule is CCc1nn(C)c(CC(NN)c2cccc(F)c2Br)c1Cl. The van der Waals surface area contributed by atoms with Crippen molar-refractivity contribution in [3.8, 4) is 0 Å². The fraction of sp³-hybridized carbons (Fsp3) is 0.357. The number of aryl methyl sites for hydroxylation is 2. The van der Waals surface area contributed by atoms with Crippen LogP contribution in [-0.4, -0.2) is 9.78 Å². The molecule has 0 spiro atoms. The molecule has 0 saturated heterocycles. The number of benzene rings is 1. The number of halogens is 3. The van der Waals surface area contributed by atoms with Gasteiger partial charge in [-0.15, -0.1) is 0 Å². The lowest BCUT2D eigenvalue weighted by atomic mass is 10.0. The van der Waals surface area contributed by atoms with Gasteiger partial charge in [-0.05, 0) is 34.0 Å². The lowest BCUT2D eigenvalue weighted by Crippen LogP contribution is -2.30. The molecule has 2 rings (SSSR count). The van der Waals surface area contributed by atoms with Crippen molar-refractivity contribution < 1.29 is 4.39 Å². The van der Waals surface area contributed by atoms with Crippen LogP contribution in [-0.2, 0) is 19.9 Å². The van der Waals surface area contributed by atoms with Crippen LogP contribution < -0.4 is 11.3 Å². The van der Waals surface area contributed by atoms with Gasteiger partial charge in [0.1, 0.15) is 5.82 Å². The summed E-state index contributed by atoms with van der Waals surface area (Å²) in [7, 11) is 1.84. The molecule has 0 fully saturated rings. The van der Waals surface area contributed by atoms with Crippen molar-refractivity contribution in [2.24, 2.45) is 12.9 Å². The molecular formula is C14H17BrClFN4. The van der Waals surface area contributed by atoms with Crippen molar-refractivity contribution >= 4 is 27.5 Å². The van der Waals surface area contributed by atoms with Gasteiger partial charge < -0.3 is 0 Å². The highest BCUT2D eigenvalue weighted by atomic mass is 79.9. The number of nitrogens with zero attached hydrogens (tertiary/aromatic N) is 2. The fourth-order valence-electron chi connectivity index (χ4n) is 2.28. The van der Waals surface area contributed by atoms with Crippen LogP contribution in [0.25, 0.3) is 0 Å². The van der Waals surface area contributed by atoms with Crippen LogP contribution in [0.2, 0.25) is 5.02 Å². The molecule has 2 aromatic rings. The Morgan fingerprint density at radius 2 is 2.24 bits per heavy atom. The van der Waals surface area contributed by atoms with Crippen LogP contribution in [0.4, 0.5) is 4.39 Å². The van der Waals surface area contributed by atoms with Gasteiger partial charge in [-0.25, -0.2) is 4.39 Å². The summed E-state index contributed by atoms with van der Waals surface area (Å²) in [5.41, 5.74) is 5.18. The van der Waals surface area contributed by atoms with Crippen LogP contribution in [0.15, 0.2) is 22.7 Å². The lowest BCUT2D eigenvalue weighted by molar-refractivity contribution is 0.521. The van der Waals surface area contributed by atoms with Crippen LogP contribution in [0.5, 0.6) is 0 Å². The average Bonchev–Trinajstić information content (AvgIpc) is 2.74. The summed E-state index contributed by atoms with van der Waals surface area (Å²) < 4.78 is 15.8. The van der Waals surface area contributed by atoms with Crippen molar-refractivity contribution in [3.05, 3.63) is 50.5 Å². The molecule has 114 valence electrons. The lowest BCUT2D eigenvalue weighted by Gasteiger charge is -2.18. The quantitative estimate of drug-likeness (QED) is 0.623. The molecule has 21 heavy (non-hydrogen) atoms. The number of nitrogens with one attached hydrogen (secondary N) is 1. The number of rotatable bonds is 5. The first-order valence-electron chi connectivity index (χ1n) is 6.59. The number of nitrogens with two attached hydrogens (primary N) is 1. The van der Waals surface area contributed by atoms with E-state index in [4.69, 9.17) is 17.4 Å². The first-order chi connectivity index (χ1) is 9.99. The maximum atomic E-state index is 13.7. The molecule has 0 aliphatic rings. The van der Waals surface area contributed by atoms with E-state index in [2.05, 4.69) is 26.5 Å². The minimum Gasteiger partial charge on any atom is -0.271 e. The molecule has 0 amide bonds. The molecule has 1 atom stereocenters. The number of aromatic nitrogens is 2. The molecule has 0 saturated carbocycles. The van der Waals surface area contributed by atoms with E-state index in [0.29, 0.717) is 15.9 Å². The fourth-order valence-corrected chi connectivity index (χ4v) is 3.19. The third-order valence-electron chi connectivity index (χ3n) is 3.46. The van der Waals surface area contributed by atoms with E-state index in [-0.39, 0.29) is 11.9 Å². The van der Waals surface area contributed by atoms with Gasteiger partial charge in [0.2, 0.25) is 0 Å². The second-order valence-electron chi connectivity index (χ2n) is 4.75. The van der Waals surface area contributed by atoms with Gasteiger partial charge in [0.15, 0.2) is 0 Å². The Bertz CT molecular complexity index is 644. The number of hydrogen-bond donors (Lipinski definition) is 2. The van der Waals surface area contributed by atoms with Gasteiger partial charge in [-0.3, -0.25) is 16.0 Å². The molecule has 4 nitrogen and oxygen atoms in total. The van der Waals surface area contributed by atoms with Crippen molar-refractivity contribution in [1.29, 1.82) is 0 Å². The van der Waals surface area contributed by atoms with E-state index in [1.165, 1.54) is 6.07 Å². The van der Waals surface area contributed by atoms with Crippen molar-refractivity contribution in [2.45, 2.75) is 25.8 Å². The van der Waals surface area contributed by atoms with Gasteiger partial charge in [0, 0.05) is 13.5 Å². The molecule has 1 unspecified atom stereocenters. The van der Waals surface area contributed by atoms with Gasteiger partial charge in [0.05, 0.1) is 26.9 Å². The van der Waals surface area contributed by atoms with E-state index in [0.717, 1.165) is 23.4 Å². The van der Waals surface area contributed by atoms with E-state index in [9.17, 15) is 4.39 Å². The zero-order chi connectivity index (χ0) is 15.6. The molecule has 0 aliphatic carbocycles. The molecule has 0 bridgehead atoms. The Labute approximate surface area is 136 Å². The van der Waals surface area contributed by atoms with Crippen molar-refractivity contribution in [2.75, 3.05) is 0 Å². The Morgan fingerprint density at radius 3 is 2.81 bits per heavy atom. The molecule has 3 N–H and O–H groups in total. The van der Waals surface area contributed by atoms with Gasteiger partial charge in [0.25, 0.3) is 0 Å². The van der Waals surface area contributed by atoms with Gasteiger partial charge in [-0.1, -0.05) is 30.7 Å². The second kappa shape index (κ2) is 6.87. The van der Waals surface area contributed by atoms with Crippen LogP contribution in [0.1, 0.15) is 29.9 Å². The molecule has 0 radical (unpaired) electrons. The Kier molecular flexibility index (Phi) is 5.37. The van der Waals surface area contributed by atoms with Crippen LogP contribution in [0.3, 0.4) is 0 Å². The maximum absolute atomic E-state index is 13.7. The van der Waals surface area contributed by atoms with Gasteiger partial charge >= 0.3 is 0 Å². The average molecular weight is 376 g/mol. The van der Waals surface area contributed by atoms with E-state index in [1.54, 1.807) is 10.7 Å². The molecule has 1 heterocycles. The zero-order valence-corrected chi connectivity index (χ0v) is 14.2. The van der Waals surface area contributed by atoms with E-state index in [1.807, 2.05) is 20.0 Å². The topological polar surface area (TPSA) is 55.9 Å². The Balaban J connectivity index is 2.36. The molecule has 7 heteroatoms. The first kappa shape index (κ1) is 16.4. The van der Waals surface area contributed by atoms with Gasteiger partial charge in [-0.2, -0.15) is 5.10 Å². The molecule has 0 aliphatic heterocycles. The first-order valence-corrected chi connectivity index (χ1v) is 7.76. The van der Waals surface area contributed by atoms with Crippen LogP contribution >= 0.6 is 27.5 Å². The minimum absolute atomic E-state index is 0.271. The standard InChI is InChI=1S/C14H17BrClFN4/c1-3-10-14(16)12(21(2)20-10)7-11(19-18)8-5-4-6-9(17)13(8)15/h4-6,11,19H,3,7,18H2,1-2H3. The third-order valence-corrected chi connectivity index (χ3v) is 4.73. The minimum atomic E-state index is -0.321. The highest BCUT2D eigenvalue weighted by molar-refractivity contribution is 9.10. The summed E-state index contributed by atoms with van der Waals surface area (Å²) in [5, 5.41) is 5.03. The van der Waals surface area contributed by atoms with Crippen molar-refractivity contribution in [3.63, 3.8) is 0 Å².